The molecule has 1 atom stereocenters. The van der Waals surface area contributed by atoms with Gasteiger partial charge in [0.25, 0.3) is 0 Å². The fourth-order valence-corrected chi connectivity index (χ4v) is 2.56. The van der Waals surface area contributed by atoms with Crippen LogP contribution in [-0.2, 0) is 4.79 Å². The van der Waals surface area contributed by atoms with Gasteiger partial charge in [0.1, 0.15) is 0 Å². The number of likely N-dealkylation sites (tertiary alicyclic amines) is 1. The molecule has 1 aliphatic heterocycles. The Morgan fingerprint density at radius 3 is 2.39 bits per heavy atom. The van der Waals surface area contributed by atoms with E-state index in [0.29, 0.717) is 18.5 Å². The maximum absolute atomic E-state index is 12.1. The molecule has 0 aromatic carbocycles. The number of nitrogens with one attached hydrogen (secondary N) is 1. The number of carbonyl (C=O) groups excluding carboxylic acids is 1. The second kappa shape index (κ2) is 9.37. The molecule has 1 rings (SSSR count). The van der Waals surface area contributed by atoms with Crippen molar-refractivity contribution < 1.29 is 4.79 Å². The van der Waals surface area contributed by atoms with Crippen LogP contribution >= 0.6 is 0 Å². The maximum Gasteiger partial charge on any atom is 0.236 e. The minimum atomic E-state index is 0.298. The van der Waals surface area contributed by atoms with Gasteiger partial charge < -0.3 is 10.2 Å². The van der Waals surface area contributed by atoms with Crippen molar-refractivity contribution in [1.29, 1.82) is 0 Å². The average Bonchev–Trinajstić information content (AvgIpc) is 2.67. The summed E-state index contributed by atoms with van der Waals surface area (Å²) in [6, 6.07) is 0.515. The molecule has 1 aliphatic rings. The summed E-state index contributed by atoms with van der Waals surface area (Å²) in [6.07, 6.45) is 9.73. The van der Waals surface area contributed by atoms with Crippen molar-refractivity contribution in [3.63, 3.8) is 0 Å². The zero-order valence-electron chi connectivity index (χ0n) is 12.2. The Morgan fingerprint density at radius 1 is 1.17 bits per heavy atom. The number of amides is 1. The predicted octanol–water partition coefficient (Wildman–Crippen LogP) is 2.95. The second-order valence-electron chi connectivity index (χ2n) is 5.42. The van der Waals surface area contributed by atoms with Gasteiger partial charge in [-0.15, -0.1) is 0 Å². The van der Waals surface area contributed by atoms with E-state index < -0.39 is 0 Å². The SMILES string of the molecule is CCCCC(CC)NCC(=O)N1CCCCCC1. The van der Waals surface area contributed by atoms with Crippen molar-refractivity contribution in [2.75, 3.05) is 19.6 Å². The molecule has 0 aliphatic carbocycles. The first kappa shape index (κ1) is 15.5. The molecule has 1 saturated heterocycles. The van der Waals surface area contributed by atoms with Gasteiger partial charge in [-0.2, -0.15) is 0 Å². The van der Waals surface area contributed by atoms with E-state index in [2.05, 4.69) is 19.2 Å². The number of unbranched alkanes of at least 4 members (excludes halogenated alkanes) is 1. The molecule has 0 saturated carbocycles. The molecule has 106 valence electrons. The summed E-state index contributed by atoms with van der Waals surface area (Å²) < 4.78 is 0. The number of hydrogen-bond donors (Lipinski definition) is 1. The third-order valence-corrected chi connectivity index (χ3v) is 3.90. The lowest BCUT2D eigenvalue weighted by atomic mass is 10.1. The van der Waals surface area contributed by atoms with Gasteiger partial charge in [-0.1, -0.05) is 39.5 Å². The summed E-state index contributed by atoms with van der Waals surface area (Å²) in [5.41, 5.74) is 0. The molecule has 18 heavy (non-hydrogen) atoms. The van der Waals surface area contributed by atoms with Crippen LogP contribution < -0.4 is 5.32 Å². The van der Waals surface area contributed by atoms with Crippen molar-refractivity contribution in [2.24, 2.45) is 0 Å². The topological polar surface area (TPSA) is 32.3 Å². The highest BCUT2D eigenvalue weighted by molar-refractivity contribution is 5.78. The lowest BCUT2D eigenvalue weighted by molar-refractivity contribution is -0.130. The van der Waals surface area contributed by atoms with Gasteiger partial charge in [-0.05, 0) is 25.7 Å². The Kier molecular flexibility index (Phi) is 8.06. The van der Waals surface area contributed by atoms with Gasteiger partial charge in [-0.25, -0.2) is 0 Å². The normalized spacial score (nSPS) is 18.4. The number of carbonyl (C=O) groups is 1. The van der Waals surface area contributed by atoms with Crippen molar-refractivity contribution in [3.05, 3.63) is 0 Å². The molecule has 0 radical (unpaired) electrons. The Balaban J connectivity index is 2.25. The Bertz CT molecular complexity index is 223. The molecule has 1 fully saturated rings. The first-order valence-corrected chi connectivity index (χ1v) is 7.79. The van der Waals surface area contributed by atoms with Crippen LogP contribution in [0.3, 0.4) is 0 Å². The van der Waals surface area contributed by atoms with Gasteiger partial charge in [0.15, 0.2) is 0 Å². The van der Waals surface area contributed by atoms with Gasteiger partial charge in [-0.3, -0.25) is 4.79 Å². The third-order valence-electron chi connectivity index (χ3n) is 3.90. The van der Waals surface area contributed by atoms with Gasteiger partial charge in [0.05, 0.1) is 6.54 Å². The van der Waals surface area contributed by atoms with Crippen LogP contribution in [0, 0.1) is 0 Å². The largest absolute Gasteiger partial charge is 0.342 e. The fraction of sp³-hybridized carbons (Fsp3) is 0.933. The molecule has 1 N–H and O–H groups in total. The number of nitrogens with zero attached hydrogens (tertiary/aromatic N) is 1. The molecular formula is C15H30N2O. The molecule has 1 unspecified atom stereocenters. The second-order valence-corrected chi connectivity index (χ2v) is 5.42. The highest BCUT2D eigenvalue weighted by Gasteiger charge is 2.16. The minimum absolute atomic E-state index is 0.298. The van der Waals surface area contributed by atoms with Crippen LogP contribution in [0.4, 0.5) is 0 Å². The van der Waals surface area contributed by atoms with E-state index in [0.717, 1.165) is 19.5 Å². The van der Waals surface area contributed by atoms with Crippen molar-refractivity contribution >= 4 is 5.91 Å². The summed E-state index contributed by atoms with van der Waals surface area (Å²) >= 11 is 0. The van der Waals surface area contributed by atoms with Crippen LogP contribution in [0.5, 0.6) is 0 Å². The maximum atomic E-state index is 12.1. The zero-order valence-corrected chi connectivity index (χ0v) is 12.2. The van der Waals surface area contributed by atoms with Crippen molar-refractivity contribution in [3.8, 4) is 0 Å². The quantitative estimate of drug-likeness (QED) is 0.757. The van der Waals surface area contributed by atoms with E-state index in [1.54, 1.807) is 0 Å². The molecule has 0 spiro atoms. The van der Waals surface area contributed by atoms with Crippen molar-refractivity contribution in [1.82, 2.24) is 10.2 Å². The molecule has 0 bridgehead atoms. The number of rotatable bonds is 7. The number of hydrogen-bond acceptors (Lipinski definition) is 2. The smallest absolute Gasteiger partial charge is 0.236 e. The van der Waals surface area contributed by atoms with E-state index in [4.69, 9.17) is 0 Å². The van der Waals surface area contributed by atoms with Gasteiger partial charge >= 0.3 is 0 Å². The Labute approximate surface area is 112 Å². The predicted molar refractivity (Wildman–Crippen MR) is 76.7 cm³/mol. The van der Waals surface area contributed by atoms with E-state index in [-0.39, 0.29) is 0 Å². The molecule has 3 nitrogen and oxygen atoms in total. The first-order chi connectivity index (χ1) is 8.77. The van der Waals surface area contributed by atoms with Crippen molar-refractivity contribution in [2.45, 2.75) is 71.3 Å². The van der Waals surface area contributed by atoms with Crippen LogP contribution in [0.2, 0.25) is 0 Å². The monoisotopic (exact) mass is 254 g/mol. The molecular weight excluding hydrogens is 224 g/mol. The molecule has 1 amide bonds. The third kappa shape index (κ3) is 5.85. The zero-order chi connectivity index (χ0) is 13.2. The van der Waals surface area contributed by atoms with Crippen LogP contribution in [0.1, 0.15) is 65.2 Å². The van der Waals surface area contributed by atoms with Crippen LogP contribution in [0.25, 0.3) is 0 Å². The highest BCUT2D eigenvalue weighted by Crippen LogP contribution is 2.10. The van der Waals surface area contributed by atoms with Crippen LogP contribution in [-0.4, -0.2) is 36.5 Å². The first-order valence-electron chi connectivity index (χ1n) is 7.79. The standard InChI is InChI=1S/C15H30N2O/c1-3-5-10-14(4-2)16-13-15(18)17-11-8-6-7-9-12-17/h14,16H,3-13H2,1-2H3. The Hall–Kier alpha value is -0.570. The molecule has 0 aromatic heterocycles. The van der Waals surface area contributed by atoms with Crippen LogP contribution in [0.15, 0.2) is 0 Å². The average molecular weight is 254 g/mol. The highest BCUT2D eigenvalue weighted by atomic mass is 16.2. The van der Waals surface area contributed by atoms with E-state index in [9.17, 15) is 4.79 Å². The van der Waals surface area contributed by atoms with Gasteiger partial charge in [0, 0.05) is 19.1 Å². The minimum Gasteiger partial charge on any atom is -0.342 e. The summed E-state index contributed by atoms with van der Waals surface area (Å²) in [4.78, 5) is 14.2. The lowest BCUT2D eigenvalue weighted by Gasteiger charge is -2.23. The van der Waals surface area contributed by atoms with E-state index in [1.807, 2.05) is 4.90 Å². The van der Waals surface area contributed by atoms with Gasteiger partial charge in [0.2, 0.25) is 5.91 Å². The van der Waals surface area contributed by atoms with E-state index >= 15 is 0 Å². The summed E-state index contributed by atoms with van der Waals surface area (Å²) in [7, 11) is 0. The summed E-state index contributed by atoms with van der Waals surface area (Å²) in [5, 5.41) is 3.43. The fourth-order valence-electron chi connectivity index (χ4n) is 2.56. The molecule has 3 heteroatoms. The van der Waals surface area contributed by atoms with E-state index in [1.165, 1.54) is 44.9 Å². The lowest BCUT2D eigenvalue weighted by Crippen LogP contribution is -2.42. The summed E-state index contributed by atoms with van der Waals surface area (Å²) in [5.74, 6) is 0.298. The molecule has 1 heterocycles. The summed E-state index contributed by atoms with van der Waals surface area (Å²) in [6.45, 7) is 6.87. The molecule has 0 aromatic rings. The Morgan fingerprint density at radius 2 is 1.83 bits per heavy atom.